The molecule has 110 valence electrons. The maximum atomic E-state index is 11.2. The smallest absolute Gasteiger partial charge is 0.244 e. The quantitative estimate of drug-likeness (QED) is 0.880. The average Bonchev–Trinajstić information content (AvgIpc) is 2.92. The van der Waals surface area contributed by atoms with Crippen molar-refractivity contribution in [2.75, 3.05) is 13.4 Å². The van der Waals surface area contributed by atoms with E-state index in [0.29, 0.717) is 16.7 Å². The van der Waals surface area contributed by atoms with Gasteiger partial charge in [0.1, 0.15) is 0 Å². The second-order valence-electron chi connectivity index (χ2n) is 4.15. The standard InChI is InChI=1S/C10H14N4O4S2/c1-5(14-20(4,15)16)8-11-7(13-18-8)10-12-9(17-3)6(2)19-10/h5,14H,1-4H3. The van der Waals surface area contributed by atoms with Crippen molar-refractivity contribution in [3.8, 4) is 16.7 Å². The third-order valence-electron chi connectivity index (χ3n) is 2.34. The molecule has 2 heterocycles. The Hall–Kier alpha value is -1.52. The summed E-state index contributed by atoms with van der Waals surface area (Å²) >= 11 is 1.37. The fourth-order valence-electron chi connectivity index (χ4n) is 1.54. The van der Waals surface area contributed by atoms with Crippen LogP contribution in [0.15, 0.2) is 4.52 Å². The molecule has 0 bridgehead atoms. The highest BCUT2D eigenvalue weighted by atomic mass is 32.2. The van der Waals surface area contributed by atoms with E-state index in [9.17, 15) is 8.42 Å². The SMILES string of the molecule is COc1nc(-c2noc(C(C)NS(C)(=O)=O)n2)sc1C. The Morgan fingerprint density at radius 2 is 2.10 bits per heavy atom. The third kappa shape index (κ3) is 3.32. The van der Waals surface area contributed by atoms with Gasteiger partial charge in [-0.15, -0.1) is 11.3 Å². The first kappa shape index (κ1) is 14.9. The van der Waals surface area contributed by atoms with Crippen molar-refractivity contribution in [3.63, 3.8) is 0 Å². The van der Waals surface area contributed by atoms with Crippen LogP contribution in [-0.4, -0.2) is 36.9 Å². The number of methoxy groups -OCH3 is 1. The first-order chi connectivity index (χ1) is 9.30. The molecule has 0 radical (unpaired) electrons. The molecule has 2 aromatic rings. The summed E-state index contributed by atoms with van der Waals surface area (Å²) in [5.41, 5.74) is 0. The van der Waals surface area contributed by atoms with Crippen molar-refractivity contribution >= 4 is 21.4 Å². The Bertz CT molecular complexity index is 707. The molecule has 0 aromatic carbocycles. The van der Waals surface area contributed by atoms with Crippen molar-refractivity contribution in [1.29, 1.82) is 0 Å². The predicted octanol–water partition coefficient (Wildman–Crippen LogP) is 1.12. The first-order valence-electron chi connectivity index (χ1n) is 5.63. The Morgan fingerprint density at radius 3 is 2.65 bits per heavy atom. The molecule has 0 aliphatic rings. The van der Waals surface area contributed by atoms with Crippen LogP contribution in [0.1, 0.15) is 23.7 Å². The highest BCUT2D eigenvalue weighted by molar-refractivity contribution is 7.88. The Labute approximate surface area is 120 Å². The maximum Gasteiger partial charge on any atom is 0.244 e. The maximum absolute atomic E-state index is 11.2. The van der Waals surface area contributed by atoms with E-state index in [-0.39, 0.29) is 5.89 Å². The second-order valence-corrected chi connectivity index (χ2v) is 7.14. The van der Waals surface area contributed by atoms with Crippen LogP contribution in [-0.2, 0) is 10.0 Å². The first-order valence-corrected chi connectivity index (χ1v) is 8.33. The van der Waals surface area contributed by atoms with E-state index in [4.69, 9.17) is 9.26 Å². The zero-order valence-corrected chi connectivity index (χ0v) is 13.0. The van der Waals surface area contributed by atoms with Gasteiger partial charge in [0.2, 0.25) is 27.6 Å². The van der Waals surface area contributed by atoms with Crippen LogP contribution in [0.4, 0.5) is 0 Å². The fourth-order valence-corrected chi connectivity index (χ4v) is 3.09. The van der Waals surface area contributed by atoms with Crippen LogP contribution >= 0.6 is 11.3 Å². The Balaban J connectivity index is 2.24. The number of sulfonamides is 1. The summed E-state index contributed by atoms with van der Waals surface area (Å²) in [6.07, 6.45) is 1.07. The molecule has 0 spiro atoms. The molecule has 1 N–H and O–H groups in total. The number of hydrogen-bond donors (Lipinski definition) is 1. The zero-order chi connectivity index (χ0) is 14.9. The van der Waals surface area contributed by atoms with Crippen molar-refractivity contribution in [2.24, 2.45) is 0 Å². The van der Waals surface area contributed by atoms with E-state index in [1.54, 1.807) is 6.92 Å². The number of hydrogen-bond acceptors (Lipinski definition) is 8. The molecule has 0 amide bonds. The van der Waals surface area contributed by atoms with Crippen molar-refractivity contribution < 1.29 is 17.7 Å². The molecular formula is C10H14N4O4S2. The van der Waals surface area contributed by atoms with Gasteiger partial charge >= 0.3 is 0 Å². The Morgan fingerprint density at radius 1 is 1.40 bits per heavy atom. The summed E-state index contributed by atoms with van der Waals surface area (Å²) in [6.45, 7) is 3.49. The lowest BCUT2D eigenvalue weighted by Gasteiger charge is -2.05. The van der Waals surface area contributed by atoms with Crippen LogP contribution in [0.5, 0.6) is 5.88 Å². The van der Waals surface area contributed by atoms with E-state index in [1.807, 2.05) is 6.92 Å². The van der Waals surface area contributed by atoms with Gasteiger partial charge in [0.25, 0.3) is 0 Å². The van der Waals surface area contributed by atoms with Gasteiger partial charge in [0, 0.05) is 0 Å². The minimum Gasteiger partial charge on any atom is -0.480 e. The summed E-state index contributed by atoms with van der Waals surface area (Å²) in [7, 11) is -1.81. The van der Waals surface area contributed by atoms with E-state index in [1.165, 1.54) is 18.4 Å². The van der Waals surface area contributed by atoms with Crippen molar-refractivity contribution in [1.82, 2.24) is 19.8 Å². The molecule has 0 fully saturated rings. The van der Waals surface area contributed by atoms with E-state index in [2.05, 4.69) is 19.8 Å². The van der Waals surface area contributed by atoms with E-state index in [0.717, 1.165) is 11.1 Å². The molecule has 1 unspecified atom stereocenters. The molecule has 1 atom stereocenters. The lowest BCUT2D eigenvalue weighted by atomic mass is 10.4. The monoisotopic (exact) mass is 318 g/mol. The topological polar surface area (TPSA) is 107 Å². The minimum atomic E-state index is -3.34. The number of aromatic nitrogens is 3. The van der Waals surface area contributed by atoms with Gasteiger partial charge in [-0.05, 0) is 13.8 Å². The van der Waals surface area contributed by atoms with E-state index >= 15 is 0 Å². The molecule has 20 heavy (non-hydrogen) atoms. The lowest BCUT2D eigenvalue weighted by molar-refractivity contribution is 0.354. The van der Waals surface area contributed by atoms with Crippen LogP contribution in [0.25, 0.3) is 10.8 Å². The number of aryl methyl sites for hydroxylation is 1. The molecule has 0 saturated carbocycles. The van der Waals surface area contributed by atoms with Crippen LogP contribution in [0.3, 0.4) is 0 Å². The van der Waals surface area contributed by atoms with E-state index < -0.39 is 16.1 Å². The summed E-state index contributed by atoms with van der Waals surface area (Å²) < 4.78 is 34.8. The van der Waals surface area contributed by atoms with Crippen LogP contribution < -0.4 is 9.46 Å². The molecule has 0 aliphatic carbocycles. The summed E-state index contributed by atoms with van der Waals surface area (Å²) in [5, 5.41) is 4.35. The summed E-state index contributed by atoms with van der Waals surface area (Å²) in [6, 6.07) is -0.603. The molecule has 2 rings (SSSR count). The molecule has 8 nitrogen and oxygen atoms in total. The van der Waals surface area contributed by atoms with Gasteiger partial charge in [-0.2, -0.15) is 9.97 Å². The number of thiazole rings is 1. The Kier molecular flexibility index (Phi) is 4.06. The van der Waals surface area contributed by atoms with Gasteiger partial charge in [0.05, 0.1) is 24.3 Å². The summed E-state index contributed by atoms with van der Waals surface area (Å²) in [4.78, 5) is 9.26. The van der Waals surface area contributed by atoms with Crippen LogP contribution in [0, 0.1) is 6.92 Å². The van der Waals surface area contributed by atoms with Gasteiger partial charge in [0.15, 0.2) is 5.01 Å². The predicted molar refractivity (Wildman–Crippen MR) is 73.1 cm³/mol. The number of rotatable bonds is 5. The lowest BCUT2D eigenvalue weighted by Crippen LogP contribution is -2.25. The molecule has 2 aromatic heterocycles. The molecular weight excluding hydrogens is 304 g/mol. The fraction of sp³-hybridized carbons (Fsp3) is 0.500. The second kappa shape index (κ2) is 5.46. The van der Waals surface area contributed by atoms with Gasteiger partial charge in [-0.1, -0.05) is 5.16 Å². The normalized spacial score (nSPS) is 13.4. The largest absolute Gasteiger partial charge is 0.480 e. The highest BCUT2D eigenvalue weighted by Crippen LogP contribution is 2.30. The van der Waals surface area contributed by atoms with Crippen molar-refractivity contribution in [3.05, 3.63) is 10.8 Å². The third-order valence-corrected chi connectivity index (χ3v) is 4.07. The minimum absolute atomic E-state index is 0.178. The summed E-state index contributed by atoms with van der Waals surface area (Å²) in [5.74, 6) is 0.995. The van der Waals surface area contributed by atoms with Gasteiger partial charge < -0.3 is 9.26 Å². The number of nitrogens with zero attached hydrogens (tertiary/aromatic N) is 3. The highest BCUT2D eigenvalue weighted by Gasteiger charge is 2.20. The molecule has 10 heteroatoms. The van der Waals surface area contributed by atoms with Crippen molar-refractivity contribution in [2.45, 2.75) is 19.9 Å². The average molecular weight is 318 g/mol. The van der Waals surface area contributed by atoms with Crippen LogP contribution in [0.2, 0.25) is 0 Å². The zero-order valence-electron chi connectivity index (χ0n) is 11.4. The molecule has 0 saturated heterocycles. The number of nitrogens with one attached hydrogen (secondary N) is 1. The van der Waals surface area contributed by atoms with Gasteiger partial charge in [-0.3, -0.25) is 0 Å². The van der Waals surface area contributed by atoms with Gasteiger partial charge in [-0.25, -0.2) is 13.1 Å². The molecule has 0 aliphatic heterocycles. The number of ether oxygens (including phenoxy) is 1.